The lowest BCUT2D eigenvalue weighted by atomic mass is 10.1. The summed E-state index contributed by atoms with van der Waals surface area (Å²) in [6, 6.07) is 0. The molecule has 13 heavy (non-hydrogen) atoms. The van der Waals surface area contributed by atoms with Crippen LogP contribution >= 0.6 is 28.6 Å². The van der Waals surface area contributed by atoms with Gasteiger partial charge < -0.3 is 4.52 Å². The first-order valence-corrected chi connectivity index (χ1v) is 7.46. The molecule has 0 atom stereocenters. The standard InChI is InChI=1S/C8H11Cl2O2P/c1-2-7-3-4-8(5-7)6-12-13(9,10)11/h3-4H,2,5-6H2,1H3. The van der Waals surface area contributed by atoms with Crippen LogP contribution in [0.3, 0.4) is 0 Å². The van der Waals surface area contributed by atoms with Crippen LogP contribution in [0, 0.1) is 0 Å². The Balaban J connectivity index is 2.32. The zero-order valence-corrected chi connectivity index (χ0v) is 9.70. The van der Waals surface area contributed by atoms with E-state index in [2.05, 4.69) is 6.92 Å². The van der Waals surface area contributed by atoms with Gasteiger partial charge in [-0.05, 0) is 40.9 Å². The lowest BCUT2D eigenvalue weighted by molar-refractivity contribution is 0.364. The van der Waals surface area contributed by atoms with Crippen LogP contribution < -0.4 is 0 Å². The summed E-state index contributed by atoms with van der Waals surface area (Å²) in [6.45, 7) is 2.35. The van der Waals surface area contributed by atoms with E-state index in [4.69, 9.17) is 27.0 Å². The van der Waals surface area contributed by atoms with E-state index in [1.54, 1.807) is 0 Å². The molecule has 0 aromatic rings. The summed E-state index contributed by atoms with van der Waals surface area (Å²) < 4.78 is 15.6. The van der Waals surface area contributed by atoms with Gasteiger partial charge in [0, 0.05) is 0 Å². The van der Waals surface area contributed by atoms with Gasteiger partial charge >= 0.3 is 6.07 Å². The van der Waals surface area contributed by atoms with Crippen LogP contribution in [-0.4, -0.2) is 6.61 Å². The fraction of sp³-hybridized carbons (Fsp3) is 0.500. The fourth-order valence-corrected chi connectivity index (χ4v) is 1.75. The van der Waals surface area contributed by atoms with Crippen molar-refractivity contribution in [1.82, 2.24) is 0 Å². The largest absolute Gasteiger partial charge is 0.380 e. The Bertz CT molecular complexity index is 291. The lowest BCUT2D eigenvalue weighted by Gasteiger charge is -2.05. The fourth-order valence-electron chi connectivity index (χ4n) is 1.15. The van der Waals surface area contributed by atoms with Gasteiger partial charge in [-0.15, -0.1) is 0 Å². The van der Waals surface area contributed by atoms with Crippen LogP contribution in [0.4, 0.5) is 0 Å². The monoisotopic (exact) mass is 240 g/mol. The van der Waals surface area contributed by atoms with Crippen LogP contribution in [0.5, 0.6) is 0 Å². The highest BCUT2D eigenvalue weighted by atomic mass is 35.9. The Morgan fingerprint density at radius 1 is 1.46 bits per heavy atom. The Morgan fingerprint density at radius 2 is 2.08 bits per heavy atom. The van der Waals surface area contributed by atoms with Crippen molar-refractivity contribution >= 4 is 28.6 Å². The zero-order chi connectivity index (χ0) is 9.90. The summed E-state index contributed by atoms with van der Waals surface area (Å²) in [4.78, 5) is 0. The normalized spacial score (nSPS) is 17.2. The van der Waals surface area contributed by atoms with Gasteiger partial charge in [-0.1, -0.05) is 24.6 Å². The maximum Gasteiger partial charge on any atom is 0.380 e. The molecule has 0 unspecified atom stereocenters. The van der Waals surface area contributed by atoms with E-state index in [0.29, 0.717) is 0 Å². The molecule has 1 rings (SSSR count). The van der Waals surface area contributed by atoms with Gasteiger partial charge in [0.05, 0.1) is 6.61 Å². The average molecular weight is 241 g/mol. The second kappa shape index (κ2) is 4.65. The van der Waals surface area contributed by atoms with E-state index >= 15 is 0 Å². The third kappa shape index (κ3) is 4.33. The van der Waals surface area contributed by atoms with E-state index in [0.717, 1.165) is 18.4 Å². The van der Waals surface area contributed by atoms with Gasteiger partial charge in [-0.2, -0.15) is 0 Å². The first-order valence-electron chi connectivity index (χ1n) is 4.02. The van der Waals surface area contributed by atoms with Crippen molar-refractivity contribution in [2.45, 2.75) is 19.8 Å². The molecule has 0 aromatic heterocycles. The Kier molecular flexibility index (Phi) is 4.06. The molecule has 0 aromatic carbocycles. The molecule has 0 saturated heterocycles. The Morgan fingerprint density at radius 3 is 2.54 bits per heavy atom. The number of halogens is 2. The van der Waals surface area contributed by atoms with Crippen LogP contribution in [-0.2, 0) is 9.09 Å². The molecular formula is C8H11Cl2O2P. The third-order valence-electron chi connectivity index (χ3n) is 1.86. The number of hydrogen-bond donors (Lipinski definition) is 0. The van der Waals surface area contributed by atoms with Crippen molar-refractivity contribution in [2.24, 2.45) is 0 Å². The third-order valence-corrected chi connectivity index (χ3v) is 2.88. The highest BCUT2D eigenvalue weighted by Gasteiger charge is 2.16. The van der Waals surface area contributed by atoms with Gasteiger partial charge in [-0.25, -0.2) is 0 Å². The van der Waals surface area contributed by atoms with Crippen molar-refractivity contribution in [2.75, 3.05) is 6.61 Å². The predicted octanol–water partition coefficient (Wildman–Crippen LogP) is 4.26. The van der Waals surface area contributed by atoms with Crippen LogP contribution in [0.25, 0.3) is 0 Å². The van der Waals surface area contributed by atoms with Gasteiger partial charge in [-0.3, -0.25) is 4.57 Å². The molecule has 0 radical (unpaired) electrons. The quantitative estimate of drug-likeness (QED) is 0.687. The van der Waals surface area contributed by atoms with Crippen molar-refractivity contribution in [3.63, 3.8) is 0 Å². The minimum absolute atomic E-state index is 0.254. The summed E-state index contributed by atoms with van der Waals surface area (Å²) in [7, 11) is 0. The van der Waals surface area contributed by atoms with Crippen molar-refractivity contribution in [1.29, 1.82) is 0 Å². The van der Waals surface area contributed by atoms with Gasteiger partial charge in [0.25, 0.3) is 0 Å². The van der Waals surface area contributed by atoms with E-state index in [-0.39, 0.29) is 6.61 Å². The molecule has 0 fully saturated rings. The average Bonchev–Trinajstić information content (AvgIpc) is 2.47. The van der Waals surface area contributed by atoms with E-state index < -0.39 is 6.07 Å². The highest BCUT2D eigenvalue weighted by Crippen LogP contribution is 2.57. The molecule has 0 aliphatic heterocycles. The molecule has 0 amide bonds. The molecule has 0 bridgehead atoms. The summed E-state index contributed by atoms with van der Waals surface area (Å²) in [5.41, 5.74) is 2.41. The maximum atomic E-state index is 10.8. The smallest absolute Gasteiger partial charge is 0.302 e. The first kappa shape index (κ1) is 11.3. The van der Waals surface area contributed by atoms with Gasteiger partial charge in [0.2, 0.25) is 0 Å². The number of allylic oxidation sites excluding steroid dienone is 3. The molecule has 2 nitrogen and oxygen atoms in total. The van der Waals surface area contributed by atoms with Gasteiger partial charge in [0.1, 0.15) is 0 Å². The summed E-state index contributed by atoms with van der Waals surface area (Å²) >= 11 is 10.5. The Hall–Kier alpha value is 0.250. The van der Waals surface area contributed by atoms with Crippen LogP contribution in [0.15, 0.2) is 23.3 Å². The van der Waals surface area contributed by atoms with Crippen molar-refractivity contribution in [3.05, 3.63) is 23.3 Å². The minimum Gasteiger partial charge on any atom is -0.302 e. The van der Waals surface area contributed by atoms with E-state index in [1.807, 2.05) is 12.2 Å². The maximum absolute atomic E-state index is 10.8. The summed E-state index contributed by atoms with van der Waals surface area (Å²) in [5, 5.41) is 0. The first-order chi connectivity index (χ1) is 6.01. The van der Waals surface area contributed by atoms with Crippen LogP contribution in [0.2, 0.25) is 0 Å². The Labute approximate surface area is 87.6 Å². The summed E-state index contributed by atoms with van der Waals surface area (Å²) in [6.07, 6.45) is 2.55. The summed E-state index contributed by atoms with van der Waals surface area (Å²) in [5.74, 6) is 0. The van der Waals surface area contributed by atoms with Crippen molar-refractivity contribution in [3.8, 4) is 0 Å². The molecule has 0 N–H and O–H groups in total. The van der Waals surface area contributed by atoms with Crippen LogP contribution in [0.1, 0.15) is 19.8 Å². The topological polar surface area (TPSA) is 26.3 Å². The zero-order valence-electron chi connectivity index (χ0n) is 7.30. The second-order valence-corrected chi connectivity index (χ2v) is 7.14. The molecule has 74 valence electrons. The molecule has 1 aliphatic carbocycles. The number of hydrogen-bond acceptors (Lipinski definition) is 2. The van der Waals surface area contributed by atoms with Gasteiger partial charge in [0.15, 0.2) is 0 Å². The molecule has 5 heteroatoms. The molecule has 0 saturated carbocycles. The second-order valence-electron chi connectivity index (χ2n) is 2.87. The van der Waals surface area contributed by atoms with Crippen molar-refractivity contribution < 1.29 is 9.09 Å². The molecule has 0 heterocycles. The number of rotatable bonds is 4. The van der Waals surface area contributed by atoms with E-state index in [1.165, 1.54) is 5.57 Å². The molecule has 1 aliphatic rings. The van der Waals surface area contributed by atoms with E-state index in [9.17, 15) is 4.57 Å². The lowest BCUT2D eigenvalue weighted by Crippen LogP contribution is -1.91. The highest BCUT2D eigenvalue weighted by molar-refractivity contribution is 8.05. The molecule has 0 spiro atoms. The molecular weight excluding hydrogens is 230 g/mol. The SMILES string of the molecule is CCC1=CC=C(COP(=O)(Cl)Cl)C1. The predicted molar refractivity (Wildman–Crippen MR) is 56.3 cm³/mol. The minimum atomic E-state index is -3.37.